The van der Waals surface area contributed by atoms with E-state index in [-0.39, 0.29) is 17.9 Å². The van der Waals surface area contributed by atoms with Crippen LogP contribution in [0.3, 0.4) is 0 Å². The smallest absolute Gasteiger partial charge is 0.255 e. The van der Waals surface area contributed by atoms with Gasteiger partial charge in [0.05, 0.1) is 19.1 Å². The van der Waals surface area contributed by atoms with Crippen LogP contribution in [0.5, 0.6) is 0 Å². The van der Waals surface area contributed by atoms with Crippen LogP contribution in [0.15, 0.2) is 16.9 Å². The van der Waals surface area contributed by atoms with Crippen LogP contribution in [-0.4, -0.2) is 18.3 Å². The average molecular weight is 234 g/mol. The van der Waals surface area contributed by atoms with E-state index in [9.17, 15) is 4.79 Å². The second kappa shape index (κ2) is 6.21. The molecule has 0 spiro atoms. The lowest BCUT2D eigenvalue weighted by Gasteiger charge is -2.16. The average Bonchev–Trinajstić information content (AvgIpc) is 2.30. The summed E-state index contributed by atoms with van der Waals surface area (Å²) < 4.78 is 6.72. The molecule has 0 aromatic carbocycles. The zero-order valence-electron chi connectivity index (χ0n) is 10.6. The van der Waals surface area contributed by atoms with Crippen molar-refractivity contribution in [1.29, 1.82) is 5.26 Å². The fourth-order valence-electron chi connectivity index (χ4n) is 1.77. The molecule has 0 aliphatic rings. The Balaban J connectivity index is 3.22. The first kappa shape index (κ1) is 13.5. The van der Waals surface area contributed by atoms with E-state index in [0.717, 1.165) is 5.69 Å². The maximum Gasteiger partial charge on any atom is 0.255 e. The molecule has 0 aliphatic heterocycles. The van der Waals surface area contributed by atoms with Gasteiger partial charge in [-0.3, -0.25) is 4.79 Å². The molecule has 0 fully saturated rings. The summed E-state index contributed by atoms with van der Waals surface area (Å²) in [6, 6.07) is 5.69. The van der Waals surface area contributed by atoms with E-state index >= 15 is 0 Å². The second-order valence-electron chi connectivity index (χ2n) is 4.22. The number of hydrogen-bond acceptors (Lipinski definition) is 3. The minimum Gasteiger partial charge on any atom is -0.383 e. The molecule has 0 unspecified atom stereocenters. The maximum absolute atomic E-state index is 12.1. The Labute approximate surface area is 101 Å². The Hall–Kier alpha value is -1.60. The van der Waals surface area contributed by atoms with Crippen molar-refractivity contribution in [3.05, 3.63) is 33.7 Å². The Kier molecular flexibility index (Phi) is 4.92. The Morgan fingerprint density at radius 2 is 2.18 bits per heavy atom. The van der Waals surface area contributed by atoms with E-state index in [2.05, 4.69) is 0 Å². The molecule has 17 heavy (non-hydrogen) atoms. The van der Waals surface area contributed by atoms with Crippen LogP contribution in [-0.2, 0) is 17.7 Å². The largest absolute Gasteiger partial charge is 0.383 e. The zero-order valence-corrected chi connectivity index (χ0v) is 10.6. The highest BCUT2D eigenvalue weighted by Gasteiger charge is 2.10. The third kappa shape index (κ3) is 3.18. The Bertz CT molecular complexity index is 469. The van der Waals surface area contributed by atoms with Crippen LogP contribution in [0.2, 0.25) is 0 Å². The SMILES string of the molecule is COCCn1c(C(C)C)ccc(CC#N)c1=O. The van der Waals surface area contributed by atoms with E-state index in [1.165, 1.54) is 0 Å². The van der Waals surface area contributed by atoms with Gasteiger partial charge in [-0.2, -0.15) is 5.26 Å². The number of nitriles is 1. The molecule has 1 aromatic rings. The molecule has 4 heteroatoms. The number of pyridine rings is 1. The first-order chi connectivity index (χ1) is 8.11. The summed E-state index contributed by atoms with van der Waals surface area (Å²) in [7, 11) is 1.61. The lowest BCUT2D eigenvalue weighted by atomic mass is 10.1. The highest BCUT2D eigenvalue weighted by molar-refractivity contribution is 5.20. The minimum atomic E-state index is -0.0743. The highest BCUT2D eigenvalue weighted by Crippen LogP contribution is 2.13. The Morgan fingerprint density at radius 3 is 2.71 bits per heavy atom. The molecular formula is C13H18N2O2. The van der Waals surface area contributed by atoms with Gasteiger partial charge in [-0.05, 0) is 12.0 Å². The van der Waals surface area contributed by atoms with Crippen LogP contribution in [0.25, 0.3) is 0 Å². The van der Waals surface area contributed by atoms with E-state index in [0.29, 0.717) is 18.7 Å². The van der Waals surface area contributed by atoms with E-state index in [1.54, 1.807) is 17.7 Å². The van der Waals surface area contributed by atoms with Crippen molar-refractivity contribution in [2.24, 2.45) is 0 Å². The number of aromatic nitrogens is 1. The molecule has 1 rings (SSSR count). The summed E-state index contributed by atoms with van der Waals surface area (Å²) in [5, 5.41) is 8.67. The van der Waals surface area contributed by atoms with Gasteiger partial charge in [-0.1, -0.05) is 19.9 Å². The van der Waals surface area contributed by atoms with Gasteiger partial charge in [-0.15, -0.1) is 0 Å². The van der Waals surface area contributed by atoms with Crippen LogP contribution in [0, 0.1) is 11.3 Å². The lowest BCUT2D eigenvalue weighted by Crippen LogP contribution is -2.28. The lowest BCUT2D eigenvalue weighted by molar-refractivity contribution is 0.185. The van der Waals surface area contributed by atoms with Crippen molar-refractivity contribution in [2.75, 3.05) is 13.7 Å². The van der Waals surface area contributed by atoms with Crippen LogP contribution in [0.4, 0.5) is 0 Å². The number of hydrogen-bond donors (Lipinski definition) is 0. The standard InChI is InChI=1S/C13H18N2O2/c1-10(2)12-5-4-11(6-7-14)13(16)15(12)8-9-17-3/h4-5,10H,6,8-9H2,1-3H3. The van der Waals surface area contributed by atoms with Crippen LogP contribution in [0.1, 0.15) is 31.0 Å². The number of ether oxygens (including phenoxy) is 1. The van der Waals surface area contributed by atoms with Gasteiger partial charge in [-0.25, -0.2) is 0 Å². The molecule has 0 atom stereocenters. The summed E-state index contributed by atoms with van der Waals surface area (Å²) in [5.74, 6) is 0.274. The van der Waals surface area contributed by atoms with Crippen molar-refractivity contribution in [2.45, 2.75) is 32.7 Å². The molecule has 0 radical (unpaired) electrons. The molecule has 0 saturated carbocycles. The van der Waals surface area contributed by atoms with E-state index in [4.69, 9.17) is 10.00 Å². The van der Waals surface area contributed by atoms with Crippen molar-refractivity contribution in [3.63, 3.8) is 0 Å². The van der Waals surface area contributed by atoms with Gasteiger partial charge in [0, 0.05) is 24.9 Å². The summed E-state index contributed by atoms with van der Waals surface area (Å²) in [4.78, 5) is 12.1. The first-order valence-electron chi connectivity index (χ1n) is 5.70. The van der Waals surface area contributed by atoms with Gasteiger partial charge in [0.1, 0.15) is 0 Å². The predicted molar refractivity (Wildman–Crippen MR) is 66.0 cm³/mol. The summed E-state index contributed by atoms with van der Waals surface area (Å²) in [6.07, 6.45) is 0.157. The van der Waals surface area contributed by atoms with Gasteiger partial charge >= 0.3 is 0 Å². The minimum absolute atomic E-state index is 0.0743. The predicted octanol–water partition coefficient (Wildman–Crippen LogP) is 1.68. The quantitative estimate of drug-likeness (QED) is 0.779. The van der Waals surface area contributed by atoms with Crippen LogP contribution >= 0.6 is 0 Å². The van der Waals surface area contributed by atoms with Gasteiger partial charge in [0.25, 0.3) is 5.56 Å². The third-order valence-electron chi connectivity index (χ3n) is 2.67. The highest BCUT2D eigenvalue weighted by atomic mass is 16.5. The van der Waals surface area contributed by atoms with Crippen LogP contribution < -0.4 is 5.56 Å². The first-order valence-corrected chi connectivity index (χ1v) is 5.70. The van der Waals surface area contributed by atoms with E-state index < -0.39 is 0 Å². The molecule has 92 valence electrons. The normalized spacial score (nSPS) is 10.5. The zero-order chi connectivity index (χ0) is 12.8. The number of nitrogens with zero attached hydrogens (tertiary/aromatic N) is 2. The molecule has 1 heterocycles. The van der Waals surface area contributed by atoms with E-state index in [1.807, 2.05) is 26.0 Å². The molecule has 0 saturated heterocycles. The molecule has 0 N–H and O–H groups in total. The number of rotatable bonds is 5. The topological polar surface area (TPSA) is 55.0 Å². The monoisotopic (exact) mass is 234 g/mol. The summed E-state index contributed by atoms with van der Waals surface area (Å²) in [6.45, 7) is 5.11. The van der Waals surface area contributed by atoms with Gasteiger partial charge < -0.3 is 9.30 Å². The second-order valence-corrected chi connectivity index (χ2v) is 4.22. The van der Waals surface area contributed by atoms with Gasteiger partial charge in [0.15, 0.2) is 0 Å². The molecular weight excluding hydrogens is 216 g/mol. The fourth-order valence-corrected chi connectivity index (χ4v) is 1.77. The molecule has 0 bridgehead atoms. The van der Waals surface area contributed by atoms with Gasteiger partial charge in [0.2, 0.25) is 0 Å². The molecule has 0 amide bonds. The summed E-state index contributed by atoms with van der Waals surface area (Å²) in [5.41, 5.74) is 1.46. The Morgan fingerprint density at radius 1 is 1.47 bits per heavy atom. The molecule has 4 nitrogen and oxygen atoms in total. The summed E-state index contributed by atoms with van der Waals surface area (Å²) >= 11 is 0. The number of methoxy groups -OCH3 is 1. The van der Waals surface area contributed by atoms with Crippen molar-refractivity contribution in [1.82, 2.24) is 4.57 Å². The molecule has 1 aromatic heterocycles. The van der Waals surface area contributed by atoms with Crippen molar-refractivity contribution >= 4 is 0 Å². The third-order valence-corrected chi connectivity index (χ3v) is 2.67. The van der Waals surface area contributed by atoms with Crippen molar-refractivity contribution in [3.8, 4) is 6.07 Å². The fraction of sp³-hybridized carbons (Fsp3) is 0.538. The van der Waals surface area contributed by atoms with Crippen molar-refractivity contribution < 1.29 is 4.74 Å². The maximum atomic E-state index is 12.1. The molecule has 0 aliphatic carbocycles.